The average molecular weight is 542 g/mol. The zero-order valence-electron chi connectivity index (χ0n) is 23.9. The number of carbonyl (C=O) groups excluding carboxylic acids is 1. The van der Waals surface area contributed by atoms with Gasteiger partial charge in [0.05, 0.1) is 16.1 Å². The first-order valence-electron chi connectivity index (χ1n) is 13.1. The van der Waals surface area contributed by atoms with Crippen molar-refractivity contribution in [1.29, 1.82) is 0 Å². The topological polar surface area (TPSA) is 80.2 Å². The number of hydrogen-bond acceptors (Lipinski definition) is 3. The molecule has 0 atom stereocenters. The monoisotopic (exact) mass is 541 g/mol. The van der Waals surface area contributed by atoms with E-state index in [1.807, 2.05) is 46.0 Å². The van der Waals surface area contributed by atoms with Gasteiger partial charge >= 0.3 is 0 Å². The Morgan fingerprint density at radius 3 is 1.92 bits per heavy atom. The molecular weight excluding hydrogens is 498 g/mol. The molecule has 3 aromatic rings. The minimum absolute atomic E-state index is 0.186. The van der Waals surface area contributed by atoms with Crippen LogP contribution in [0.5, 0.6) is 0 Å². The van der Waals surface area contributed by atoms with E-state index >= 15 is 0 Å². The molecule has 2 N–H and O–H groups in total. The van der Waals surface area contributed by atoms with Gasteiger partial charge in [0, 0.05) is 22.6 Å². The molecule has 202 valence electrons. The predicted molar refractivity (Wildman–Crippen MR) is 158 cm³/mol. The third kappa shape index (κ3) is 5.50. The zero-order chi connectivity index (χ0) is 27.9. The zero-order valence-corrected chi connectivity index (χ0v) is 25.7. The number of hydrogen-bond donors (Lipinski definition) is 2. The highest BCUT2D eigenvalue weighted by Gasteiger charge is 2.46. The van der Waals surface area contributed by atoms with Crippen LogP contribution in [0.25, 0.3) is 10.9 Å². The van der Waals surface area contributed by atoms with Crippen LogP contribution in [0, 0.1) is 6.92 Å². The summed E-state index contributed by atoms with van der Waals surface area (Å²) >= 11 is 0. The van der Waals surface area contributed by atoms with Gasteiger partial charge in [-0.1, -0.05) is 65.3 Å². The van der Waals surface area contributed by atoms with Crippen molar-refractivity contribution in [3.05, 3.63) is 59.8 Å². The van der Waals surface area contributed by atoms with Crippen LogP contribution in [0.1, 0.15) is 78.2 Å². The quantitative estimate of drug-likeness (QED) is 0.294. The first kappa shape index (κ1) is 29.0. The van der Waals surface area contributed by atoms with E-state index in [2.05, 4.69) is 55.8 Å². The fourth-order valence-corrected chi connectivity index (χ4v) is 13.7. The first-order valence-corrected chi connectivity index (χ1v) is 16.7. The van der Waals surface area contributed by atoms with Crippen LogP contribution in [-0.2, 0) is 10.0 Å². The second-order valence-electron chi connectivity index (χ2n) is 12.1. The van der Waals surface area contributed by atoms with E-state index in [1.54, 1.807) is 30.3 Å². The molecule has 0 spiro atoms. The normalized spacial score (nSPS) is 13.1. The third-order valence-corrected chi connectivity index (χ3v) is 15.5. The van der Waals surface area contributed by atoms with Gasteiger partial charge in [0.1, 0.15) is 0 Å². The Morgan fingerprint density at radius 2 is 1.43 bits per heavy atom. The second kappa shape index (κ2) is 10.3. The van der Waals surface area contributed by atoms with Crippen molar-refractivity contribution in [2.75, 3.05) is 4.72 Å². The van der Waals surface area contributed by atoms with Crippen LogP contribution < -0.4 is 10.0 Å². The summed E-state index contributed by atoms with van der Waals surface area (Å²) in [7, 11) is -6.10. The first-order chi connectivity index (χ1) is 17.0. The number of anilines is 1. The van der Waals surface area contributed by atoms with Gasteiger partial charge in [-0.05, 0) is 68.6 Å². The molecule has 0 aliphatic carbocycles. The van der Waals surface area contributed by atoms with Crippen molar-refractivity contribution in [1.82, 2.24) is 9.55 Å². The number of aryl methyl sites for hydroxylation is 1. The predicted octanol–water partition coefficient (Wildman–Crippen LogP) is 7.30. The Bertz CT molecular complexity index is 1360. The maximum absolute atomic E-state index is 13.7. The Balaban J connectivity index is 2.35. The van der Waals surface area contributed by atoms with E-state index in [4.69, 9.17) is 0 Å². The van der Waals surface area contributed by atoms with Crippen LogP contribution >= 0.6 is 0 Å². The van der Waals surface area contributed by atoms with Crippen molar-refractivity contribution in [3.63, 3.8) is 0 Å². The molecule has 3 rings (SSSR count). The minimum atomic E-state index is -3.85. The molecule has 0 aliphatic rings. The van der Waals surface area contributed by atoms with Gasteiger partial charge in [0.25, 0.3) is 15.9 Å². The molecule has 0 radical (unpaired) electrons. The number of nitrogens with one attached hydrogen (secondary N) is 2. The minimum Gasteiger partial charge on any atom is -0.372 e. The fraction of sp³-hybridized carbons (Fsp3) is 0.483. The summed E-state index contributed by atoms with van der Waals surface area (Å²) in [5.74, 6) is -0.211. The summed E-state index contributed by atoms with van der Waals surface area (Å²) in [5.41, 5.74) is 3.53. The molecule has 1 aromatic heterocycles. The van der Waals surface area contributed by atoms with E-state index in [0.717, 1.165) is 11.1 Å². The number of fused-ring (bicyclic) bond motifs is 1. The standard InChI is InChI=1S/C29H43N3O3SSi/c1-19(2)37(20(3)4,21(5)6)32-18-24(28(33)30-29(8,9)10)27-25(12-11-13-26(27)32)31-36(34,35)23-16-14-22(7)15-17-23/h11-21,31H,1-10H3,(H,30,33). The number of amides is 1. The summed E-state index contributed by atoms with van der Waals surface area (Å²) < 4.78 is 31.9. The molecule has 0 fully saturated rings. The van der Waals surface area contributed by atoms with E-state index in [9.17, 15) is 13.2 Å². The fourth-order valence-electron chi connectivity index (χ4n) is 6.03. The lowest BCUT2D eigenvalue weighted by Crippen LogP contribution is -2.51. The number of nitrogens with zero attached hydrogens (tertiary/aromatic N) is 1. The van der Waals surface area contributed by atoms with Crippen LogP contribution in [0.4, 0.5) is 5.69 Å². The SMILES string of the molecule is Cc1ccc(S(=O)(=O)Nc2cccc3c2c(C(=O)NC(C)(C)C)cn3[Si](C(C)C)(C(C)C)C(C)C)cc1. The number of aromatic nitrogens is 1. The smallest absolute Gasteiger partial charge is 0.261 e. The van der Waals surface area contributed by atoms with Crippen molar-refractivity contribution in [3.8, 4) is 0 Å². The highest BCUT2D eigenvalue weighted by molar-refractivity contribution is 7.92. The molecule has 1 heterocycles. The lowest BCUT2D eigenvalue weighted by Gasteiger charge is -2.44. The van der Waals surface area contributed by atoms with Crippen molar-refractivity contribution in [2.45, 2.75) is 96.3 Å². The summed E-state index contributed by atoms with van der Waals surface area (Å²) in [5, 5.41) is 3.73. The van der Waals surface area contributed by atoms with Crippen LogP contribution in [0.2, 0.25) is 16.6 Å². The van der Waals surface area contributed by atoms with E-state index < -0.39 is 23.8 Å². The van der Waals surface area contributed by atoms with Crippen LogP contribution in [-0.4, -0.2) is 32.3 Å². The maximum atomic E-state index is 13.7. The maximum Gasteiger partial charge on any atom is 0.261 e. The van der Waals surface area contributed by atoms with Crippen molar-refractivity contribution in [2.24, 2.45) is 0 Å². The molecule has 1 amide bonds. The summed E-state index contributed by atoms with van der Waals surface area (Å²) in [4.78, 5) is 13.8. The number of carbonyl (C=O) groups is 1. The molecular formula is C29H43N3O3SSi. The summed E-state index contributed by atoms with van der Waals surface area (Å²) in [6, 6.07) is 12.4. The highest BCUT2D eigenvalue weighted by Crippen LogP contribution is 2.46. The van der Waals surface area contributed by atoms with Gasteiger partial charge < -0.3 is 9.55 Å². The van der Waals surface area contributed by atoms with Crippen LogP contribution in [0.3, 0.4) is 0 Å². The lowest BCUT2D eigenvalue weighted by molar-refractivity contribution is 0.0921. The Hall–Kier alpha value is -2.58. The Kier molecular flexibility index (Phi) is 8.06. The van der Waals surface area contributed by atoms with Gasteiger partial charge in [-0.3, -0.25) is 9.52 Å². The molecule has 37 heavy (non-hydrogen) atoms. The molecule has 0 bridgehead atoms. The van der Waals surface area contributed by atoms with Gasteiger partial charge in [-0.15, -0.1) is 0 Å². The molecule has 0 aliphatic heterocycles. The molecule has 2 aromatic carbocycles. The Labute approximate surface area is 224 Å². The molecule has 8 heteroatoms. The van der Waals surface area contributed by atoms with Gasteiger partial charge in [-0.25, -0.2) is 8.42 Å². The number of rotatable bonds is 8. The van der Waals surface area contributed by atoms with Crippen molar-refractivity contribution >= 4 is 40.8 Å². The highest BCUT2D eigenvalue weighted by atomic mass is 32.2. The Morgan fingerprint density at radius 1 is 0.892 bits per heavy atom. The second-order valence-corrected chi connectivity index (χ2v) is 19.5. The van der Waals surface area contributed by atoms with Crippen LogP contribution in [0.15, 0.2) is 53.6 Å². The number of sulfonamides is 1. The average Bonchev–Trinajstić information content (AvgIpc) is 3.13. The van der Waals surface area contributed by atoms with E-state index in [1.165, 1.54) is 0 Å². The van der Waals surface area contributed by atoms with Gasteiger partial charge in [0.15, 0.2) is 8.24 Å². The molecule has 0 unspecified atom stereocenters. The number of benzene rings is 2. The molecule has 6 nitrogen and oxygen atoms in total. The van der Waals surface area contributed by atoms with Crippen molar-refractivity contribution < 1.29 is 13.2 Å². The lowest BCUT2D eigenvalue weighted by atomic mass is 10.1. The van der Waals surface area contributed by atoms with E-state index in [-0.39, 0.29) is 10.8 Å². The summed E-state index contributed by atoms with van der Waals surface area (Å²) in [6.45, 7) is 21.4. The summed E-state index contributed by atoms with van der Waals surface area (Å²) in [6.07, 6.45) is 1.99. The largest absolute Gasteiger partial charge is 0.372 e. The van der Waals surface area contributed by atoms with Gasteiger partial charge in [0.2, 0.25) is 0 Å². The molecule has 0 saturated carbocycles. The van der Waals surface area contributed by atoms with Gasteiger partial charge in [-0.2, -0.15) is 0 Å². The molecule has 0 saturated heterocycles. The third-order valence-electron chi connectivity index (χ3n) is 7.33. The van der Waals surface area contributed by atoms with E-state index in [0.29, 0.717) is 33.3 Å².